The van der Waals surface area contributed by atoms with Crippen molar-refractivity contribution >= 4 is 0 Å². The van der Waals surface area contributed by atoms with E-state index >= 15 is 0 Å². The summed E-state index contributed by atoms with van der Waals surface area (Å²) >= 11 is 0. The summed E-state index contributed by atoms with van der Waals surface area (Å²) in [6.07, 6.45) is 3.78. The van der Waals surface area contributed by atoms with Gasteiger partial charge in [0.15, 0.2) is 0 Å². The summed E-state index contributed by atoms with van der Waals surface area (Å²) in [6.45, 7) is 9.77. The second kappa shape index (κ2) is 8.04. The molecule has 0 aromatic carbocycles. The van der Waals surface area contributed by atoms with Crippen LogP contribution in [0.2, 0.25) is 0 Å². The molecule has 0 aromatic heterocycles. The average molecular weight is 228 g/mol. The largest absolute Gasteiger partial charge is 0.381 e. The molecular formula is C13H28N2O. The molecule has 0 saturated carbocycles. The number of hydrogen-bond donors (Lipinski definition) is 1. The highest BCUT2D eigenvalue weighted by atomic mass is 16.5. The number of rotatable bonds is 7. The third kappa shape index (κ3) is 5.28. The average Bonchev–Trinajstić information content (AvgIpc) is 2.29. The molecule has 1 fully saturated rings. The van der Waals surface area contributed by atoms with E-state index in [9.17, 15) is 0 Å². The van der Waals surface area contributed by atoms with Crippen molar-refractivity contribution in [2.24, 2.45) is 5.92 Å². The molecule has 1 saturated heterocycles. The van der Waals surface area contributed by atoms with Crippen molar-refractivity contribution in [3.63, 3.8) is 0 Å². The van der Waals surface area contributed by atoms with Gasteiger partial charge in [-0.15, -0.1) is 0 Å². The van der Waals surface area contributed by atoms with Gasteiger partial charge in [0, 0.05) is 25.7 Å². The van der Waals surface area contributed by atoms with Gasteiger partial charge in [0.2, 0.25) is 0 Å². The maximum absolute atomic E-state index is 5.52. The molecule has 16 heavy (non-hydrogen) atoms. The van der Waals surface area contributed by atoms with Crippen LogP contribution in [0.4, 0.5) is 0 Å². The fourth-order valence-electron chi connectivity index (χ4n) is 2.47. The standard InChI is InChI=1S/C13H28N2O/c1-4-13(14-5-2)10-15(3)9-12-7-6-8-16-11-12/h12-14H,4-11H2,1-3H3. The molecule has 96 valence electrons. The second-order valence-corrected chi connectivity index (χ2v) is 4.97. The third-order valence-electron chi connectivity index (χ3n) is 3.34. The van der Waals surface area contributed by atoms with E-state index in [1.165, 1.54) is 25.8 Å². The molecule has 1 aliphatic rings. The van der Waals surface area contributed by atoms with Gasteiger partial charge in [0.05, 0.1) is 6.61 Å². The van der Waals surface area contributed by atoms with Crippen LogP contribution in [0.25, 0.3) is 0 Å². The van der Waals surface area contributed by atoms with Crippen molar-refractivity contribution in [2.75, 3.05) is 39.9 Å². The van der Waals surface area contributed by atoms with Crippen LogP contribution in [-0.4, -0.2) is 50.8 Å². The number of likely N-dealkylation sites (N-methyl/N-ethyl adjacent to an activating group) is 2. The van der Waals surface area contributed by atoms with E-state index in [2.05, 4.69) is 31.1 Å². The molecule has 0 radical (unpaired) electrons. The number of hydrogen-bond acceptors (Lipinski definition) is 3. The molecule has 2 atom stereocenters. The highest BCUT2D eigenvalue weighted by Gasteiger charge is 2.17. The van der Waals surface area contributed by atoms with Crippen molar-refractivity contribution in [2.45, 2.75) is 39.2 Å². The first kappa shape index (κ1) is 13.9. The molecule has 3 nitrogen and oxygen atoms in total. The Bertz CT molecular complexity index is 163. The van der Waals surface area contributed by atoms with Crippen LogP contribution < -0.4 is 5.32 Å². The van der Waals surface area contributed by atoms with E-state index < -0.39 is 0 Å². The van der Waals surface area contributed by atoms with Gasteiger partial charge in [0.25, 0.3) is 0 Å². The van der Waals surface area contributed by atoms with Crippen LogP contribution in [0.15, 0.2) is 0 Å². The van der Waals surface area contributed by atoms with Crippen LogP contribution in [0, 0.1) is 5.92 Å². The van der Waals surface area contributed by atoms with E-state index in [1.807, 2.05) is 0 Å². The first-order chi connectivity index (χ1) is 7.76. The first-order valence-electron chi connectivity index (χ1n) is 6.75. The Morgan fingerprint density at radius 1 is 1.44 bits per heavy atom. The highest BCUT2D eigenvalue weighted by molar-refractivity contribution is 4.72. The van der Waals surface area contributed by atoms with Gasteiger partial charge in [-0.2, -0.15) is 0 Å². The summed E-state index contributed by atoms with van der Waals surface area (Å²) in [4.78, 5) is 2.45. The van der Waals surface area contributed by atoms with Gasteiger partial charge < -0.3 is 15.0 Å². The van der Waals surface area contributed by atoms with Crippen molar-refractivity contribution in [3.05, 3.63) is 0 Å². The second-order valence-electron chi connectivity index (χ2n) is 4.97. The molecule has 3 heteroatoms. The van der Waals surface area contributed by atoms with E-state index in [0.717, 1.165) is 32.2 Å². The Labute approximate surface area is 101 Å². The van der Waals surface area contributed by atoms with E-state index in [0.29, 0.717) is 6.04 Å². The van der Waals surface area contributed by atoms with Gasteiger partial charge in [0.1, 0.15) is 0 Å². The molecule has 0 spiro atoms. The molecule has 1 aliphatic heterocycles. The predicted octanol–water partition coefficient (Wildman–Crippen LogP) is 1.73. The maximum atomic E-state index is 5.52. The van der Waals surface area contributed by atoms with Crippen molar-refractivity contribution < 1.29 is 4.74 Å². The molecule has 0 bridgehead atoms. The Balaban J connectivity index is 2.19. The van der Waals surface area contributed by atoms with Crippen molar-refractivity contribution in [3.8, 4) is 0 Å². The molecule has 1 N–H and O–H groups in total. The van der Waals surface area contributed by atoms with Gasteiger partial charge in [-0.05, 0) is 38.8 Å². The minimum atomic E-state index is 0.638. The first-order valence-corrected chi connectivity index (χ1v) is 6.75. The minimum absolute atomic E-state index is 0.638. The summed E-state index contributed by atoms with van der Waals surface area (Å²) in [5.41, 5.74) is 0. The van der Waals surface area contributed by atoms with Gasteiger partial charge in [-0.25, -0.2) is 0 Å². The molecule has 0 amide bonds. The van der Waals surface area contributed by atoms with Crippen LogP contribution in [0.1, 0.15) is 33.1 Å². The van der Waals surface area contributed by atoms with Gasteiger partial charge >= 0.3 is 0 Å². The van der Waals surface area contributed by atoms with E-state index in [-0.39, 0.29) is 0 Å². The molecule has 0 aromatic rings. The van der Waals surface area contributed by atoms with Gasteiger partial charge in [-0.1, -0.05) is 13.8 Å². The summed E-state index contributed by atoms with van der Waals surface area (Å²) < 4.78 is 5.52. The third-order valence-corrected chi connectivity index (χ3v) is 3.34. The molecule has 0 aliphatic carbocycles. The maximum Gasteiger partial charge on any atom is 0.0506 e. The lowest BCUT2D eigenvalue weighted by Gasteiger charge is -2.29. The summed E-state index contributed by atoms with van der Waals surface area (Å²) in [5.74, 6) is 0.748. The summed E-state index contributed by atoms with van der Waals surface area (Å²) in [5, 5.41) is 3.53. The van der Waals surface area contributed by atoms with Crippen LogP contribution in [0.5, 0.6) is 0 Å². The minimum Gasteiger partial charge on any atom is -0.381 e. The fourth-order valence-corrected chi connectivity index (χ4v) is 2.47. The lowest BCUT2D eigenvalue weighted by Crippen LogP contribution is -2.41. The van der Waals surface area contributed by atoms with Crippen LogP contribution in [-0.2, 0) is 4.74 Å². The van der Waals surface area contributed by atoms with Crippen molar-refractivity contribution in [1.29, 1.82) is 0 Å². The van der Waals surface area contributed by atoms with E-state index in [4.69, 9.17) is 4.74 Å². The van der Waals surface area contributed by atoms with Crippen LogP contribution >= 0.6 is 0 Å². The molecule has 1 heterocycles. The Kier molecular flexibility index (Phi) is 7.01. The van der Waals surface area contributed by atoms with Gasteiger partial charge in [-0.3, -0.25) is 0 Å². The summed E-state index contributed by atoms with van der Waals surface area (Å²) in [6, 6.07) is 0.638. The molecular weight excluding hydrogens is 200 g/mol. The lowest BCUT2D eigenvalue weighted by molar-refractivity contribution is 0.0409. The zero-order chi connectivity index (χ0) is 11.8. The molecule has 2 unspecified atom stereocenters. The topological polar surface area (TPSA) is 24.5 Å². The summed E-state index contributed by atoms with van der Waals surface area (Å²) in [7, 11) is 2.23. The Hall–Kier alpha value is -0.120. The monoisotopic (exact) mass is 228 g/mol. The normalized spacial score (nSPS) is 23.6. The lowest BCUT2D eigenvalue weighted by atomic mass is 10.0. The number of nitrogens with zero attached hydrogens (tertiary/aromatic N) is 1. The van der Waals surface area contributed by atoms with Crippen molar-refractivity contribution in [1.82, 2.24) is 10.2 Å². The predicted molar refractivity (Wildman–Crippen MR) is 68.8 cm³/mol. The Morgan fingerprint density at radius 2 is 2.25 bits per heavy atom. The Morgan fingerprint density at radius 3 is 2.81 bits per heavy atom. The zero-order valence-corrected chi connectivity index (χ0v) is 11.2. The van der Waals surface area contributed by atoms with Crippen LogP contribution in [0.3, 0.4) is 0 Å². The van der Waals surface area contributed by atoms with E-state index in [1.54, 1.807) is 0 Å². The SMILES string of the molecule is CCNC(CC)CN(C)CC1CCCOC1. The highest BCUT2D eigenvalue weighted by Crippen LogP contribution is 2.14. The number of ether oxygens (including phenoxy) is 1. The quantitative estimate of drug-likeness (QED) is 0.718. The molecule has 1 rings (SSSR count). The zero-order valence-electron chi connectivity index (χ0n) is 11.2. The fraction of sp³-hybridized carbons (Fsp3) is 1.00. The smallest absolute Gasteiger partial charge is 0.0506 e. The number of nitrogens with one attached hydrogen (secondary N) is 1.